The van der Waals surface area contributed by atoms with Crippen molar-refractivity contribution in [3.63, 3.8) is 0 Å². The van der Waals surface area contributed by atoms with Crippen LogP contribution in [0.25, 0.3) is 0 Å². The summed E-state index contributed by atoms with van der Waals surface area (Å²) in [5.74, 6) is -0.862. The van der Waals surface area contributed by atoms with Crippen molar-refractivity contribution in [2.24, 2.45) is 0 Å². The van der Waals surface area contributed by atoms with Crippen molar-refractivity contribution in [3.8, 4) is 5.75 Å². The molecule has 4 heteroatoms. The molecule has 2 rings (SSSR count). The number of alkyl halides is 1. The van der Waals surface area contributed by atoms with Gasteiger partial charge in [0.2, 0.25) is 0 Å². The summed E-state index contributed by atoms with van der Waals surface area (Å²) in [6.45, 7) is 1.11. The van der Waals surface area contributed by atoms with E-state index in [-0.39, 0.29) is 11.5 Å². The van der Waals surface area contributed by atoms with Gasteiger partial charge >= 0.3 is 5.97 Å². The van der Waals surface area contributed by atoms with E-state index in [1.807, 2.05) is 6.07 Å². The summed E-state index contributed by atoms with van der Waals surface area (Å²) in [5, 5.41) is 0. The van der Waals surface area contributed by atoms with Crippen LogP contribution in [0.5, 0.6) is 5.75 Å². The summed E-state index contributed by atoms with van der Waals surface area (Å²) in [6.07, 6.45) is -1.68. The van der Waals surface area contributed by atoms with E-state index in [2.05, 4.69) is 0 Å². The SMILES string of the molecule is CC(F)C(=O)Oc1ccc(C(=O)c2ccccc2)cc1. The fourth-order valence-corrected chi connectivity index (χ4v) is 1.63. The lowest BCUT2D eigenvalue weighted by molar-refractivity contribution is -0.139. The normalized spacial score (nSPS) is 11.7. The zero-order valence-corrected chi connectivity index (χ0v) is 10.9. The fourth-order valence-electron chi connectivity index (χ4n) is 1.63. The van der Waals surface area contributed by atoms with Crippen molar-refractivity contribution in [1.29, 1.82) is 0 Å². The van der Waals surface area contributed by atoms with Gasteiger partial charge in [0.25, 0.3) is 0 Å². The molecule has 0 aliphatic rings. The van der Waals surface area contributed by atoms with Crippen molar-refractivity contribution in [2.45, 2.75) is 13.1 Å². The molecule has 2 aromatic carbocycles. The van der Waals surface area contributed by atoms with E-state index in [1.54, 1.807) is 36.4 Å². The molecule has 0 aliphatic heterocycles. The molecule has 20 heavy (non-hydrogen) atoms. The van der Waals surface area contributed by atoms with Crippen LogP contribution in [0.4, 0.5) is 4.39 Å². The zero-order valence-electron chi connectivity index (χ0n) is 10.9. The van der Waals surface area contributed by atoms with Crippen molar-refractivity contribution in [1.82, 2.24) is 0 Å². The third-order valence-corrected chi connectivity index (χ3v) is 2.70. The molecule has 0 saturated carbocycles. The minimum atomic E-state index is -1.68. The minimum Gasteiger partial charge on any atom is -0.424 e. The molecule has 0 N–H and O–H groups in total. The summed E-state index contributed by atoms with van der Waals surface area (Å²) < 4.78 is 17.5. The first kappa shape index (κ1) is 13.9. The highest BCUT2D eigenvalue weighted by Crippen LogP contribution is 2.16. The third-order valence-electron chi connectivity index (χ3n) is 2.70. The van der Waals surface area contributed by atoms with E-state index in [9.17, 15) is 14.0 Å². The number of carbonyl (C=O) groups is 2. The van der Waals surface area contributed by atoms with E-state index in [1.165, 1.54) is 12.1 Å². The lowest BCUT2D eigenvalue weighted by Gasteiger charge is -2.06. The van der Waals surface area contributed by atoms with Crippen molar-refractivity contribution < 1.29 is 18.7 Å². The molecular formula is C16H13FO3. The van der Waals surface area contributed by atoms with Crippen LogP contribution in [0.1, 0.15) is 22.8 Å². The largest absolute Gasteiger partial charge is 0.424 e. The van der Waals surface area contributed by atoms with Gasteiger partial charge in [0.15, 0.2) is 12.0 Å². The second kappa shape index (κ2) is 6.10. The van der Waals surface area contributed by atoms with Gasteiger partial charge in [-0.1, -0.05) is 30.3 Å². The number of ketones is 1. The number of benzene rings is 2. The zero-order chi connectivity index (χ0) is 14.5. The Balaban J connectivity index is 2.12. The molecule has 1 atom stereocenters. The van der Waals surface area contributed by atoms with Gasteiger partial charge in [-0.3, -0.25) is 4.79 Å². The van der Waals surface area contributed by atoms with Gasteiger partial charge in [0.1, 0.15) is 5.75 Å². The molecule has 102 valence electrons. The molecule has 0 bridgehead atoms. The second-order valence-corrected chi connectivity index (χ2v) is 4.26. The van der Waals surface area contributed by atoms with E-state index in [4.69, 9.17) is 4.74 Å². The molecule has 0 heterocycles. The van der Waals surface area contributed by atoms with Crippen LogP contribution in [0.2, 0.25) is 0 Å². The summed E-state index contributed by atoms with van der Waals surface area (Å²) in [4.78, 5) is 23.2. The number of esters is 1. The number of carbonyl (C=O) groups excluding carboxylic acids is 2. The Morgan fingerprint density at radius 2 is 1.50 bits per heavy atom. The van der Waals surface area contributed by atoms with Crippen molar-refractivity contribution in [3.05, 3.63) is 65.7 Å². The Bertz CT molecular complexity index is 603. The highest BCUT2D eigenvalue weighted by Gasteiger charge is 2.14. The van der Waals surface area contributed by atoms with E-state index >= 15 is 0 Å². The molecule has 0 aromatic heterocycles. The van der Waals surface area contributed by atoms with Gasteiger partial charge in [-0.25, -0.2) is 9.18 Å². The highest BCUT2D eigenvalue weighted by atomic mass is 19.1. The van der Waals surface area contributed by atoms with Gasteiger partial charge in [-0.15, -0.1) is 0 Å². The maximum Gasteiger partial charge on any atom is 0.345 e. The standard InChI is InChI=1S/C16H13FO3/c1-11(17)16(19)20-14-9-7-13(8-10-14)15(18)12-5-3-2-4-6-12/h2-11H,1H3. The van der Waals surface area contributed by atoms with Crippen molar-refractivity contribution in [2.75, 3.05) is 0 Å². The highest BCUT2D eigenvalue weighted by molar-refractivity contribution is 6.09. The number of hydrogen-bond donors (Lipinski definition) is 0. The Morgan fingerprint density at radius 3 is 2.05 bits per heavy atom. The molecule has 0 spiro atoms. The fraction of sp³-hybridized carbons (Fsp3) is 0.125. The van der Waals surface area contributed by atoms with Gasteiger partial charge in [-0.05, 0) is 31.2 Å². The predicted molar refractivity (Wildman–Crippen MR) is 72.5 cm³/mol. The molecule has 0 aliphatic carbocycles. The molecule has 0 saturated heterocycles. The number of ether oxygens (including phenoxy) is 1. The Morgan fingerprint density at radius 1 is 0.950 bits per heavy atom. The number of rotatable bonds is 4. The summed E-state index contributed by atoms with van der Waals surface area (Å²) in [6, 6.07) is 14.9. The monoisotopic (exact) mass is 272 g/mol. The van der Waals surface area contributed by atoms with Crippen LogP contribution >= 0.6 is 0 Å². The molecule has 0 amide bonds. The molecule has 0 radical (unpaired) electrons. The van der Waals surface area contributed by atoms with Crippen LogP contribution < -0.4 is 4.74 Å². The van der Waals surface area contributed by atoms with E-state index < -0.39 is 12.1 Å². The maximum absolute atomic E-state index is 12.7. The Hall–Kier alpha value is -2.49. The summed E-state index contributed by atoms with van der Waals surface area (Å²) >= 11 is 0. The van der Waals surface area contributed by atoms with Crippen LogP contribution in [0.15, 0.2) is 54.6 Å². The first-order valence-electron chi connectivity index (χ1n) is 6.13. The van der Waals surface area contributed by atoms with E-state index in [0.29, 0.717) is 11.1 Å². The van der Waals surface area contributed by atoms with E-state index in [0.717, 1.165) is 6.92 Å². The lowest BCUT2D eigenvalue weighted by atomic mass is 10.0. The number of halogens is 1. The van der Waals surface area contributed by atoms with Crippen molar-refractivity contribution >= 4 is 11.8 Å². The third kappa shape index (κ3) is 3.29. The van der Waals surface area contributed by atoms with Gasteiger partial charge in [0, 0.05) is 11.1 Å². The van der Waals surface area contributed by atoms with Crippen LogP contribution in [-0.4, -0.2) is 17.9 Å². The predicted octanol–water partition coefficient (Wildman–Crippen LogP) is 3.18. The first-order chi connectivity index (χ1) is 9.58. The molecule has 1 unspecified atom stereocenters. The molecule has 3 nitrogen and oxygen atoms in total. The lowest BCUT2D eigenvalue weighted by Crippen LogP contribution is -2.18. The topological polar surface area (TPSA) is 43.4 Å². The maximum atomic E-state index is 12.7. The number of hydrogen-bond acceptors (Lipinski definition) is 3. The second-order valence-electron chi connectivity index (χ2n) is 4.26. The minimum absolute atomic E-state index is 0.123. The average molecular weight is 272 g/mol. The quantitative estimate of drug-likeness (QED) is 0.488. The Kier molecular flexibility index (Phi) is 4.25. The van der Waals surface area contributed by atoms with Gasteiger partial charge in [0.05, 0.1) is 0 Å². The first-order valence-corrected chi connectivity index (χ1v) is 6.13. The molecule has 0 fully saturated rings. The Labute approximate surface area is 116 Å². The summed E-state index contributed by atoms with van der Waals surface area (Å²) in [5.41, 5.74) is 1.05. The average Bonchev–Trinajstić information content (AvgIpc) is 2.48. The molecule has 2 aromatic rings. The van der Waals surface area contributed by atoms with Gasteiger partial charge < -0.3 is 4.74 Å². The van der Waals surface area contributed by atoms with Crippen LogP contribution in [-0.2, 0) is 4.79 Å². The smallest absolute Gasteiger partial charge is 0.345 e. The van der Waals surface area contributed by atoms with Crippen LogP contribution in [0.3, 0.4) is 0 Å². The molecular weight excluding hydrogens is 259 g/mol. The van der Waals surface area contributed by atoms with Crippen LogP contribution in [0, 0.1) is 0 Å². The van der Waals surface area contributed by atoms with Gasteiger partial charge in [-0.2, -0.15) is 0 Å². The summed E-state index contributed by atoms with van der Waals surface area (Å²) in [7, 11) is 0.